The SMILES string of the molecule is CCCC(CCC1C(CC)C1(C)C)C(C)(C)CC. The third kappa shape index (κ3) is 3.31. The molecule has 1 rings (SSSR count). The minimum atomic E-state index is 0.538. The van der Waals surface area contributed by atoms with Gasteiger partial charge in [-0.05, 0) is 41.4 Å². The Kier molecular flexibility index (Phi) is 5.32. The molecule has 3 unspecified atom stereocenters. The summed E-state index contributed by atoms with van der Waals surface area (Å²) in [6.45, 7) is 17.0. The second-order valence-corrected chi connectivity index (χ2v) is 7.85. The standard InChI is InChI=1S/C18H36/c1-8-11-14(17(4,5)10-3)12-13-16-15(9-2)18(16,6)7/h14-16H,8-13H2,1-7H3. The smallest absolute Gasteiger partial charge is 0.0292 e. The molecule has 0 radical (unpaired) electrons. The highest BCUT2D eigenvalue weighted by Gasteiger charge is 2.55. The molecule has 1 saturated carbocycles. The van der Waals surface area contributed by atoms with Gasteiger partial charge in [0.1, 0.15) is 0 Å². The van der Waals surface area contributed by atoms with Crippen LogP contribution < -0.4 is 0 Å². The monoisotopic (exact) mass is 252 g/mol. The van der Waals surface area contributed by atoms with E-state index < -0.39 is 0 Å². The number of hydrogen-bond donors (Lipinski definition) is 0. The minimum Gasteiger partial charge on any atom is -0.0654 e. The molecule has 1 aliphatic rings. The fourth-order valence-corrected chi connectivity index (χ4v) is 4.18. The average molecular weight is 252 g/mol. The first kappa shape index (κ1) is 16.1. The van der Waals surface area contributed by atoms with Crippen molar-refractivity contribution in [2.45, 2.75) is 87.0 Å². The minimum absolute atomic E-state index is 0.538. The van der Waals surface area contributed by atoms with Gasteiger partial charge in [0.05, 0.1) is 0 Å². The molecule has 0 aromatic rings. The van der Waals surface area contributed by atoms with Gasteiger partial charge in [0.2, 0.25) is 0 Å². The van der Waals surface area contributed by atoms with Crippen LogP contribution in [-0.2, 0) is 0 Å². The second-order valence-electron chi connectivity index (χ2n) is 7.85. The molecule has 1 aliphatic carbocycles. The lowest BCUT2D eigenvalue weighted by Gasteiger charge is -2.34. The van der Waals surface area contributed by atoms with E-state index in [-0.39, 0.29) is 0 Å². The fraction of sp³-hybridized carbons (Fsp3) is 1.00. The van der Waals surface area contributed by atoms with E-state index in [9.17, 15) is 0 Å². The quantitative estimate of drug-likeness (QED) is 0.475. The van der Waals surface area contributed by atoms with Crippen molar-refractivity contribution in [3.05, 3.63) is 0 Å². The maximum Gasteiger partial charge on any atom is -0.0292 e. The molecule has 0 heterocycles. The molecule has 0 aliphatic heterocycles. The van der Waals surface area contributed by atoms with Crippen LogP contribution in [-0.4, -0.2) is 0 Å². The largest absolute Gasteiger partial charge is 0.0654 e. The van der Waals surface area contributed by atoms with Crippen molar-refractivity contribution in [2.24, 2.45) is 28.6 Å². The Morgan fingerprint density at radius 3 is 2.00 bits per heavy atom. The van der Waals surface area contributed by atoms with Crippen molar-refractivity contribution in [3.63, 3.8) is 0 Å². The van der Waals surface area contributed by atoms with Crippen molar-refractivity contribution >= 4 is 0 Å². The summed E-state index contributed by atoms with van der Waals surface area (Å²) < 4.78 is 0. The van der Waals surface area contributed by atoms with Crippen LogP contribution in [0.5, 0.6) is 0 Å². The highest BCUT2D eigenvalue weighted by atomic mass is 14.6. The van der Waals surface area contributed by atoms with Gasteiger partial charge in [0, 0.05) is 0 Å². The summed E-state index contributed by atoms with van der Waals surface area (Å²) in [5, 5.41) is 0. The van der Waals surface area contributed by atoms with Crippen LogP contribution in [0.25, 0.3) is 0 Å². The van der Waals surface area contributed by atoms with E-state index >= 15 is 0 Å². The highest BCUT2D eigenvalue weighted by molar-refractivity contribution is 5.04. The van der Waals surface area contributed by atoms with Gasteiger partial charge >= 0.3 is 0 Å². The first-order chi connectivity index (χ1) is 8.31. The molecule has 0 amide bonds. The normalized spacial score (nSPS) is 28.2. The van der Waals surface area contributed by atoms with Crippen LogP contribution in [0, 0.1) is 28.6 Å². The molecule has 108 valence electrons. The lowest BCUT2D eigenvalue weighted by molar-refractivity contribution is 0.170. The molecule has 0 spiro atoms. The van der Waals surface area contributed by atoms with E-state index in [2.05, 4.69) is 48.5 Å². The van der Waals surface area contributed by atoms with Gasteiger partial charge in [-0.1, -0.05) is 74.1 Å². The number of rotatable bonds is 8. The van der Waals surface area contributed by atoms with Crippen LogP contribution in [0.3, 0.4) is 0 Å². The zero-order valence-corrected chi connectivity index (χ0v) is 14.0. The molecule has 0 N–H and O–H groups in total. The Hall–Kier alpha value is 0. The van der Waals surface area contributed by atoms with Gasteiger partial charge < -0.3 is 0 Å². The van der Waals surface area contributed by atoms with Gasteiger partial charge in [0.15, 0.2) is 0 Å². The van der Waals surface area contributed by atoms with Crippen LogP contribution in [0.1, 0.15) is 87.0 Å². The van der Waals surface area contributed by atoms with Crippen molar-refractivity contribution in [3.8, 4) is 0 Å². The average Bonchev–Trinajstić information content (AvgIpc) is 2.85. The second kappa shape index (κ2) is 5.97. The van der Waals surface area contributed by atoms with Crippen LogP contribution in [0.15, 0.2) is 0 Å². The van der Waals surface area contributed by atoms with Gasteiger partial charge in [-0.3, -0.25) is 0 Å². The maximum atomic E-state index is 2.48. The van der Waals surface area contributed by atoms with E-state index in [1.54, 1.807) is 0 Å². The Labute approximate surface area is 116 Å². The van der Waals surface area contributed by atoms with Crippen molar-refractivity contribution < 1.29 is 0 Å². The molecule has 0 heteroatoms. The van der Waals surface area contributed by atoms with Crippen LogP contribution >= 0.6 is 0 Å². The van der Waals surface area contributed by atoms with Gasteiger partial charge in [-0.25, -0.2) is 0 Å². The number of hydrogen-bond acceptors (Lipinski definition) is 0. The molecule has 0 saturated heterocycles. The summed E-state index contributed by atoms with van der Waals surface area (Å²) in [7, 11) is 0. The molecule has 18 heavy (non-hydrogen) atoms. The van der Waals surface area contributed by atoms with E-state index in [0.717, 1.165) is 17.8 Å². The lowest BCUT2D eigenvalue weighted by atomic mass is 9.72. The van der Waals surface area contributed by atoms with Crippen LogP contribution in [0.4, 0.5) is 0 Å². The lowest BCUT2D eigenvalue weighted by Crippen LogP contribution is -2.23. The zero-order chi connectivity index (χ0) is 14.0. The summed E-state index contributed by atoms with van der Waals surface area (Å²) in [4.78, 5) is 0. The maximum absolute atomic E-state index is 2.48. The molecule has 0 aromatic heterocycles. The third-order valence-corrected chi connectivity index (χ3v) is 6.21. The van der Waals surface area contributed by atoms with Crippen molar-refractivity contribution in [1.29, 1.82) is 0 Å². The van der Waals surface area contributed by atoms with E-state index in [4.69, 9.17) is 0 Å². The predicted octanol–water partition coefficient (Wildman–Crippen LogP) is 6.30. The van der Waals surface area contributed by atoms with E-state index in [0.29, 0.717) is 10.8 Å². The third-order valence-electron chi connectivity index (χ3n) is 6.21. The molecule has 3 atom stereocenters. The van der Waals surface area contributed by atoms with Gasteiger partial charge in [-0.2, -0.15) is 0 Å². The predicted molar refractivity (Wildman–Crippen MR) is 82.8 cm³/mol. The Morgan fingerprint density at radius 1 is 1.00 bits per heavy atom. The Balaban J connectivity index is 2.49. The van der Waals surface area contributed by atoms with Gasteiger partial charge in [0.25, 0.3) is 0 Å². The molecular weight excluding hydrogens is 216 g/mol. The summed E-state index contributed by atoms with van der Waals surface area (Å²) >= 11 is 0. The first-order valence-electron chi connectivity index (χ1n) is 8.31. The Bertz CT molecular complexity index is 249. The molecule has 0 bridgehead atoms. The summed E-state index contributed by atoms with van der Waals surface area (Å²) in [6, 6.07) is 0. The first-order valence-corrected chi connectivity index (χ1v) is 8.31. The molecular formula is C18H36. The Morgan fingerprint density at radius 2 is 1.61 bits per heavy atom. The summed E-state index contributed by atoms with van der Waals surface area (Å²) in [5.41, 5.74) is 1.18. The highest BCUT2D eigenvalue weighted by Crippen LogP contribution is 2.62. The summed E-state index contributed by atoms with van der Waals surface area (Å²) in [6.07, 6.45) is 8.40. The van der Waals surface area contributed by atoms with Crippen LogP contribution in [0.2, 0.25) is 0 Å². The zero-order valence-electron chi connectivity index (χ0n) is 14.0. The summed E-state index contributed by atoms with van der Waals surface area (Å²) in [5.74, 6) is 2.94. The van der Waals surface area contributed by atoms with Crippen molar-refractivity contribution in [2.75, 3.05) is 0 Å². The molecule has 1 fully saturated rings. The van der Waals surface area contributed by atoms with E-state index in [1.165, 1.54) is 38.5 Å². The fourth-order valence-electron chi connectivity index (χ4n) is 4.18. The topological polar surface area (TPSA) is 0 Å². The molecule has 0 aromatic carbocycles. The molecule has 0 nitrogen and oxygen atoms in total. The van der Waals surface area contributed by atoms with E-state index in [1.807, 2.05) is 0 Å². The van der Waals surface area contributed by atoms with Gasteiger partial charge in [-0.15, -0.1) is 0 Å². The van der Waals surface area contributed by atoms with Crippen molar-refractivity contribution in [1.82, 2.24) is 0 Å².